The van der Waals surface area contributed by atoms with Crippen LogP contribution in [0.2, 0.25) is 0 Å². The molecule has 1 amide bonds. The molecule has 2 aromatic carbocycles. The summed E-state index contributed by atoms with van der Waals surface area (Å²) in [7, 11) is 0. The van der Waals surface area contributed by atoms with Gasteiger partial charge in [-0.25, -0.2) is 0 Å². The van der Waals surface area contributed by atoms with Crippen molar-refractivity contribution >= 4 is 11.6 Å². The smallest absolute Gasteiger partial charge is 0.418 e. The molecule has 0 unspecified atom stereocenters. The minimum atomic E-state index is -4.52. The van der Waals surface area contributed by atoms with Gasteiger partial charge in [0, 0.05) is 11.4 Å². The molecule has 0 aliphatic rings. The number of benzene rings is 2. The van der Waals surface area contributed by atoms with Crippen LogP contribution in [-0.4, -0.2) is 15.6 Å². The zero-order chi connectivity index (χ0) is 19.8. The van der Waals surface area contributed by atoms with E-state index < -0.39 is 17.6 Å². The monoisotopic (exact) mass is 374 g/mol. The van der Waals surface area contributed by atoms with Crippen LogP contribution in [0.25, 0.3) is 5.69 Å². The van der Waals surface area contributed by atoms with Crippen LogP contribution in [-0.2, 0) is 6.18 Å². The summed E-state index contributed by atoms with van der Waals surface area (Å²) in [5, 5.41) is 12.4. The first-order chi connectivity index (χ1) is 12.7. The van der Waals surface area contributed by atoms with Gasteiger partial charge in [0.2, 0.25) is 0 Å². The number of carbonyl (C=O) groups is 1. The van der Waals surface area contributed by atoms with E-state index in [4.69, 9.17) is 0 Å². The second kappa shape index (κ2) is 6.83. The molecular weight excluding hydrogens is 357 g/mol. The first-order valence-electron chi connectivity index (χ1n) is 8.15. The van der Waals surface area contributed by atoms with Crippen molar-refractivity contribution in [3.8, 4) is 11.4 Å². The van der Waals surface area contributed by atoms with Gasteiger partial charge in [-0.05, 0) is 44.2 Å². The number of hydrogen-bond donors (Lipinski definition) is 2. The summed E-state index contributed by atoms with van der Waals surface area (Å²) in [4.78, 5) is 12.6. The molecule has 3 aromatic rings. The summed E-state index contributed by atoms with van der Waals surface area (Å²) in [6, 6.07) is 13.0. The lowest BCUT2D eigenvalue weighted by atomic mass is 10.1. The van der Waals surface area contributed by atoms with Crippen LogP contribution in [0.4, 0.5) is 18.9 Å². The third-order valence-electron chi connectivity index (χ3n) is 4.28. The molecule has 0 saturated heterocycles. The third kappa shape index (κ3) is 3.53. The Morgan fingerprint density at radius 3 is 2.33 bits per heavy atom. The highest BCUT2D eigenvalue weighted by molar-refractivity contribution is 6.06. The largest absolute Gasteiger partial charge is 0.506 e. The lowest BCUT2D eigenvalue weighted by molar-refractivity contribution is -0.137. The predicted octanol–water partition coefficient (Wildman–Crippen LogP) is 5.07. The van der Waals surface area contributed by atoms with Crippen molar-refractivity contribution in [3.63, 3.8) is 0 Å². The maximum Gasteiger partial charge on any atom is 0.418 e. The average molecular weight is 374 g/mol. The summed E-state index contributed by atoms with van der Waals surface area (Å²) < 4.78 is 41.5. The second-order valence-corrected chi connectivity index (χ2v) is 6.11. The van der Waals surface area contributed by atoms with E-state index in [1.165, 1.54) is 41.0 Å². The molecule has 0 fully saturated rings. The molecule has 0 saturated carbocycles. The highest BCUT2D eigenvalue weighted by atomic mass is 19.4. The standard InChI is InChI=1S/C20H17F3N2O2/c1-12-11-14(19(27)24-16-8-4-6-10-18(16)26)13(2)25(12)17-9-5-3-7-15(17)20(21,22)23/h3-11,26H,1-2H3,(H,24,27). The Kier molecular flexibility index (Phi) is 4.70. The number of aryl methyl sites for hydroxylation is 1. The molecule has 3 rings (SSSR count). The first-order valence-corrected chi connectivity index (χ1v) is 8.15. The van der Waals surface area contributed by atoms with Gasteiger partial charge in [-0.2, -0.15) is 13.2 Å². The van der Waals surface area contributed by atoms with Crippen molar-refractivity contribution < 1.29 is 23.1 Å². The van der Waals surface area contributed by atoms with Crippen LogP contribution in [0.3, 0.4) is 0 Å². The van der Waals surface area contributed by atoms with Crippen LogP contribution in [0.5, 0.6) is 5.75 Å². The van der Waals surface area contributed by atoms with Crippen LogP contribution >= 0.6 is 0 Å². The molecule has 0 radical (unpaired) electrons. The Morgan fingerprint density at radius 2 is 1.67 bits per heavy atom. The third-order valence-corrected chi connectivity index (χ3v) is 4.28. The molecule has 7 heteroatoms. The number of nitrogens with zero attached hydrogens (tertiary/aromatic N) is 1. The quantitative estimate of drug-likeness (QED) is 0.629. The number of rotatable bonds is 3. The summed E-state index contributed by atoms with van der Waals surface area (Å²) >= 11 is 0. The summed E-state index contributed by atoms with van der Waals surface area (Å²) in [6.07, 6.45) is -4.52. The maximum atomic E-state index is 13.4. The number of carbonyl (C=O) groups excluding carboxylic acids is 1. The number of nitrogens with one attached hydrogen (secondary N) is 1. The normalized spacial score (nSPS) is 11.4. The van der Waals surface area contributed by atoms with E-state index in [9.17, 15) is 23.1 Å². The molecule has 1 aromatic heterocycles. The molecule has 4 nitrogen and oxygen atoms in total. The van der Waals surface area contributed by atoms with Gasteiger partial charge in [0.25, 0.3) is 5.91 Å². The van der Waals surface area contributed by atoms with Crippen molar-refractivity contribution in [1.29, 1.82) is 0 Å². The molecule has 0 bridgehead atoms. The first kappa shape index (κ1) is 18.6. The molecule has 1 heterocycles. The number of hydrogen-bond acceptors (Lipinski definition) is 2. The van der Waals surface area contributed by atoms with E-state index in [0.29, 0.717) is 11.4 Å². The number of phenols is 1. The summed E-state index contributed by atoms with van der Waals surface area (Å²) in [5.74, 6) is -0.609. The minimum Gasteiger partial charge on any atom is -0.506 e. The van der Waals surface area contributed by atoms with Crippen LogP contribution in [0, 0.1) is 13.8 Å². The van der Waals surface area contributed by atoms with Gasteiger partial charge in [-0.3, -0.25) is 4.79 Å². The van der Waals surface area contributed by atoms with Gasteiger partial charge in [-0.15, -0.1) is 0 Å². The minimum absolute atomic E-state index is 0.0402. The fourth-order valence-electron chi connectivity index (χ4n) is 3.04. The van der Waals surface area contributed by atoms with Gasteiger partial charge >= 0.3 is 6.18 Å². The number of halogens is 3. The predicted molar refractivity (Wildman–Crippen MR) is 96.3 cm³/mol. The molecule has 0 atom stereocenters. The Balaban J connectivity index is 2.04. The lowest BCUT2D eigenvalue weighted by Gasteiger charge is -2.17. The van der Waals surface area contributed by atoms with E-state index in [2.05, 4.69) is 5.32 Å². The fourth-order valence-corrected chi connectivity index (χ4v) is 3.04. The van der Waals surface area contributed by atoms with Crippen molar-refractivity contribution in [2.75, 3.05) is 5.32 Å². The number of amides is 1. The molecule has 0 aliphatic carbocycles. The number of phenolic OH excluding ortho intramolecular Hbond substituents is 1. The topological polar surface area (TPSA) is 54.3 Å². The summed E-state index contributed by atoms with van der Waals surface area (Å²) in [5.41, 5.74) is 0.501. The molecule has 0 spiro atoms. The van der Waals surface area contributed by atoms with E-state index >= 15 is 0 Å². The number of para-hydroxylation sites is 3. The Morgan fingerprint density at radius 1 is 1.04 bits per heavy atom. The number of aromatic hydroxyl groups is 1. The van der Waals surface area contributed by atoms with Crippen molar-refractivity contribution in [2.45, 2.75) is 20.0 Å². The van der Waals surface area contributed by atoms with Gasteiger partial charge in [0.15, 0.2) is 0 Å². The fraction of sp³-hybridized carbons (Fsp3) is 0.150. The maximum absolute atomic E-state index is 13.4. The summed E-state index contributed by atoms with van der Waals surface area (Å²) in [6.45, 7) is 3.22. The molecule has 140 valence electrons. The van der Waals surface area contributed by atoms with Crippen molar-refractivity contribution in [1.82, 2.24) is 4.57 Å². The number of anilines is 1. The van der Waals surface area contributed by atoms with Crippen molar-refractivity contribution in [2.24, 2.45) is 0 Å². The molecule has 0 aliphatic heterocycles. The highest BCUT2D eigenvalue weighted by Gasteiger charge is 2.34. The molecule has 27 heavy (non-hydrogen) atoms. The molecule has 2 N–H and O–H groups in total. The number of aromatic nitrogens is 1. The van der Waals surface area contributed by atoms with E-state index in [1.54, 1.807) is 26.0 Å². The van der Waals surface area contributed by atoms with Gasteiger partial charge in [0.05, 0.1) is 22.5 Å². The average Bonchev–Trinajstić information content (AvgIpc) is 2.90. The Labute approximate surface area is 153 Å². The van der Waals surface area contributed by atoms with E-state index in [0.717, 1.165) is 6.07 Å². The van der Waals surface area contributed by atoms with E-state index in [1.807, 2.05) is 0 Å². The van der Waals surface area contributed by atoms with Gasteiger partial charge in [-0.1, -0.05) is 24.3 Å². The SMILES string of the molecule is Cc1cc(C(=O)Nc2ccccc2O)c(C)n1-c1ccccc1C(F)(F)F. The van der Waals surface area contributed by atoms with E-state index in [-0.39, 0.29) is 22.7 Å². The van der Waals surface area contributed by atoms with Crippen LogP contribution in [0.15, 0.2) is 54.6 Å². The van der Waals surface area contributed by atoms with Crippen LogP contribution in [0.1, 0.15) is 27.3 Å². The zero-order valence-electron chi connectivity index (χ0n) is 14.6. The van der Waals surface area contributed by atoms with Crippen molar-refractivity contribution in [3.05, 3.63) is 77.1 Å². The Bertz CT molecular complexity index is 1010. The van der Waals surface area contributed by atoms with Gasteiger partial charge in [0.1, 0.15) is 5.75 Å². The molecular formula is C20H17F3N2O2. The zero-order valence-corrected chi connectivity index (χ0v) is 14.6. The second-order valence-electron chi connectivity index (χ2n) is 6.11. The highest BCUT2D eigenvalue weighted by Crippen LogP contribution is 2.35. The lowest BCUT2D eigenvalue weighted by Crippen LogP contribution is -2.15. The van der Waals surface area contributed by atoms with Crippen LogP contribution < -0.4 is 5.32 Å². The van der Waals surface area contributed by atoms with Gasteiger partial charge < -0.3 is 15.0 Å². The number of alkyl halides is 3. The Hall–Kier alpha value is -3.22.